The molecule has 0 unspecified atom stereocenters. The lowest BCUT2D eigenvalue weighted by atomic mass is 10.1. The van der Waals surface area contributed by atoms with E-state index in [-0.39, 0.29) is 11.9 Å². The molecular formula is C17H21FN4O2. The summed E-state index contributed by atoms with van der Waals surface area (Å²) in [7, 11) is 1.74. The molecule has 1 fully saturated rings. The minimum Gasteiger partial charge on any atom is -0.469 e. The third-order valence-electron chi connectivity index (χ3n) is 4.40. The van der Waals surface area contributed by atoms with Crippen LogP contribution in [0.25, 0.3) is 0 Å². The molecule has 0 radical (unpaired) electrons. The molecule has 1 saturated heterocycles. The summed E-state index contributed by atoms with van der Waals surface area (Å²) in [5, 5.41) is 0. The highest BCUT2D eigenvalue weighted by Crippen LogP contribution is 2.23. The summed E-state index contributed by atoms with van der Waals surface area (Å²) in [5.74, 6) is 0.492. The number of aryl methyl sites for hydroxylation is 1. The summed E-state index contributed by atoms with van der Waals surface area (Å²) in [6, 6.07) is 1.64. The Morgan fingerprint density at radius 1 is 1.46 bits per heavy atom. The number of rotatable bonds is 5. The quantitative estimate of drug-likeness (QED) is 0.839. The smallest absolute Gasteiger partial charge is 0.257 e. The van der Waals surface area contributed by atoms with Crippen molar-refractivity contribution in [3.05, 3.63) is 47.9 Å². The number of hydrogen-bond acceptors (Lipinski definition) is 5. The van der Waals surface area contributed by atoms with Gasteiger partial charge in [-0.25, -0.2) is 14.4 Å². The Balaban J connectivity index is 1.66. The van der Waals surface area contributed by atoms with E-state index in [9.17, 15) is 9.18 Å². The number of amides is 1. The highest BCUT2D eigenvalue weighted by Gasteiger charge is 2.33. The number of halogens is 1. The number of furan rings is 1. The first-order chi connectivity index (χ1) is 11.5. The molecule has 1 aliphatic rings. The van der Waals surface area contributed by atoms with Crippen LogP contribution in [0.1, 0.15) is 28.1 Å². The minimum absolute atomic E-state index is 0.0265. The van der Waals surface area contributed by atoms with Gasteiger partial charge in [-0.3, -0.25) is 9.69 Å². The zero-order chi connectivity index (χ0) is 17.1. The summed E-state index contributed by atoms with van der Waals surface area (Å²) in [6.07, 6.45) is 6.00. The Bertz CT molecular complexity index is 691. The molecule has 0 N–H and O–H groups in total. The lowest BCUT2D eigenvalue weighted by Gasteiger charge is -2.28. The van der Waals surface area contributed by atoms with E-state index in [1.54, 1.807) is 37.3 Å². The van der Waals surface area contributed by atoms with Crippen LogP contribution in [0.15, 0.2) is 35.5 Å². The van der Waals surface area contributed by atoms with E-state index < -0.39 is 6.17 Å². The van der Waals surface area contributed by atoms with Crippen molar-refractivity contribution in [1.82, 2.24) is 19.8 Å². The maximum Gasteiger partial charge on any atom is 0.257 e. The SMILES string of the molecule is Cc1occc1C(=O)N(C)C[C@@H]1C[C@H](F)CN1Cc1cncnc1. The highest BCUT2D eigenvalue weighted by atomic mass is 19.1. The van der Waals surface area contributed by atoms with Gasteiger partial charge in [0.15, 0.2) is 0 Å². The average molecular weight is 332 g/mol. The van der Waals surface area contributed by atoms with E-state index in [1.165, 1.54) is 12.6 Å². The van der Waals surface area contributed by atoms with Crippen molar-refractivity contribution in [2.45, 2.75) is 32.1 Å². The number of aromatic nitrogens is 2. The number of carbonyl (C=O) groups excluding carboxylic acids is 1. The summed E-state index contributed by atoms with van der Waals surface area (Å²) in [4.78, 5) is 24.2. The van der Waals surface area contributed by atoms with E-state index >= 15 is 0 Å². The van der Waals surface area contributed by atoms with E-state index in [0.29, 0.717) is 37.4 Å². The lowest BCUT2D eigenvalue weighted by molar-refractivity contribution is 0.0748. The second kappa shape index (κ2) is 7.09. The fourth-order valence-electron chi connectivity index (χ4n) is 3.16. The van der Waals surface area contributed by atoms with Crippen molar-refractivity contribution >= 4 is 5.91 Å². The second-order valence-corrected chi connectivity index (χ2v) is 6.24. The molecule has 3 heterocycles. The average Bonchev–Trinajstić information content (AvgIpc) is 3.13. The molecule has 1 amide bonds. The van der Waals surface area contributed by atoms with Crippen LogP contribution in [0.4, 0.5) is 4.39 Å². The summed E-state index contributed by atoms with van der Waals surface area (Å²) >= 11 is 0. The van der Waals surface area contributed by atoms with Crippen molar-refractivity contribution in [3.8, 4) is 0 Å². The molecular weight excluding hydrogens is 311 g/mol. The normalized spacial score (nSPS) is 21.1. The fourth-order valence-corrected chi connectivity index (χ4v) is 3.16. The van der Waals surface area contributed by atoms with Crippen molar-refractivity contribution in [1.29, 1.82) is 0 Å². The Labute approximate surface area is 140 Å². The second-order valence-electron chi connectivity index (χ2n) is 6.24. The van der Waals surface area contributed by atoms with E-state index in [2.05, 4.69) is 14.9 Å². The van der Waals surface area contributed by atoms with Crippen LogP contribution >= 0.6 is 0 Å². The van der Waals surface area contributed by atoms with Crippen LogP contribution in [-0.2, 0) is 6.54 Å². The first-order valence-electron chi connectivity index (χ1n) is 7.96. The van der Waals surface area contributed by atoms with Crippen LogP contribution in [0.2, 0.25) is 0 Å². The van der Waals surface area contributed by atoms with E-state index in [0.717, 1.165) is 5.56 Å². The molecule has 6 nitrogen and oxygen atoms in total. The van der Waals surface area contributed by atoms with Crippen molar-refractivity contribution in [2.75, 3.05) is 20.1 Å². The standard InChI is InChI=1S/C17H21FN4O2/c1-12-16(3-4-24-12)17(23)21(2)10-15-5-14(18)9-22(15)8-13-6-19-11-20-7-13/h3-4,6-7,11,14-15H,5,8-10H2,1-2H3/t14-,15-/m0/s1. The number of likely N-dealkylation sites (N-methyl/N-ethyl adjacent to an activating group) is 1. The van der Waals surface area contributed by atoms with Gasteiger partial charge < -0.3 is 9.32 Å². The summed E-state index contributed by atoms with van der Waals surface area (Å²) < 4.78 is 19.1. The maximum absolute atomic E-state index is 13.9. The Morgan fingerprint density at radius 2 is 2.21 bits per heavy atom. The van der Waals surface area contributed by atoms with Gasteiger partial charge in [-0.15, -0.1) is 0 Å². The van der Waals surface area contributed by atoms with Gasteiger partial charge >= 0.3 is 0 Å². The topological polar surface area (TPSA) is 62.5 Å². The maximum atomic E-state index is 13.9. The first-order valence-corrected chi connectivity index (χ1v) is 7.96. The largest absolute Gasteiger partial charge is 0.469 e. The Hall–Kier alpha value is -2.28. The van der Waals surface area contributed by atoms with Crippen LogP contribution in [0.3, 0.4) is 0 Å². The summed E-state index contributed by atoms with van der Waals surface area (Å²) in [5.41, 5.74) is 1.49. The fraction of sp³-hybridized carbons (Fsp3) is 0.471. The van der Waals surface area contributed by atoms with Crippen LogP contribution < -0.4 is 0 Å². The molecule has 0 bridgehead atoms. The van der Waals surface area contributed by atoms with Crippen molar-refractivity contribution < 1.29 is 13.6 Å². The number of nitrogens with zero attached hydrogens (tertiary/aromatic N) is 4. The van der Waals surface area contributed by atoms with Crippen LogP contribution in [0.5, 0.6) is 0 Å². The predicted octanol–water partition coefficient (Wildman–Crippen LogP) is 2.06. The number of alkyl halides is 1. The number of carbonyl (C=O) groups is 1. The van der Waals surface area contributed by atoms with Gasteiger partial charge in [0, 0.05) is 50.7 Å². The van der Waals surface area contributed by atoms with Gasteiger partial charge in [0.25, 0.3) is 5.91 Å². The van der Waals surface area contributed by atoms with Crippen LogP contribution in [0, 0.1) is 6.92 Å². The molecule has 2 aromatic heterocycles. The third-order valence-corrected chi connectivity index (χ3v) is 4.40. The van der Waals surface area contributed by atoms with E-state index in [4.69, 9.17) is 4.42 Å². The molecule has 0 saturated carbocycles. The molecule has 2 atom stereocenters. The molecule has 0 aromatic carbocycles. The van der Waals surface area contributed by atoms with Crippen molar-refractivity contribution in [2.24, 2.45) is 0 Å². The van der Waals surface area contributed by atoms with Crippen LogP contribution in [-0.4, -0.2) is 58.0 Å². The van der Waals surface area contributed by atoms with Gasteiger partial charge in [0.2, 0.25) is 0 Å². The minimum atomic E-state index is -0.876. The zero-order valence-electron chi connectivity index (χ0n) is 13.9. The lowest BCUT2D eigenvalue weighted by Crippen LogP contribution is -2.41. The molecule has 24 heavy (non-hydrogen) atoms. The molecule has 1 aliphatic heterocycles. The number of likely N-dealkylation sites (tertiary alicyclic amines) is 1. The third kappa shape index (κ3) is 3.62. The number of hydrogen-bond donors (Lipinski definition) is 0. The van der Waals surface area contributed by atoms with Gasteiger partial charge in [-0.05, 0) is 19.4 Å². The highest BCUT2D eigenvalue weighted by molar-refractivity contribution is 5.94. The molecule has 0 aliphatic carbocycles. The summed E-state index contributed by atoms with van der Waals surface area (Å²) in [6.45, 7) is 3.18. The van der Waals surface area contributed by atoms with Gasteiger partial charge in [-0.2, -0.15) is 0 Å². The van der Waals surface area contributed by atoms with Crippen molar-refractivity contribution in [3.63, 3.8) is 0 Å². The zero-order valence-corrected chi connectivity index (χ0v) is 13.9. The molecule has 0 spiro atoms. The Morgan fingerprint density at radius 3 is 2.88 bits per heavy atom. The van der Waals surface area contributed by atoms with Gasteiger partial charge in [0.05, 0.1) is 11.8 Å². The molecule has 2 aromatic rings. The molecule has 128 valence electrons. The first kappa shape index (κ1) is 16.6. The van der Waals surface area contributed by atoms with E-state index in [1.807, 2.05) is 0 Å². The molecule has 3 rings (SSSR count). The predicted molar refractivity (Wildman–Crippen MR) is 86.1 cm³/mol. The van der Waals surface area contributed by atoms with Gasteiger partial charge in [0.1, 0.15) is 18.3 Å². The monoisotopic (exact) mass is 332 g/mol. The Kier molecular flexibility index (Phi) is 4.89. The van der Waals surface area contributed by atoms with Gasteiger partial charge in [-0.1, -0.05) is 0 Å². The molecule has 7 heteroatoms.